The van der Waals surface area contributed by atoms with Gasteiger partial charge in [0.25, 0.3) is 0 Å². The lowest BCUT2D eigenvalue weighted by molar-refractivity contribution is -0.236. The number of piperidine rings is 1. The van der Waals surface area contributed by atoms with E-state index in [-0.39, 0.29) is 25.1 Å². The zero-order chi connectivity index (χ0) is 28.5. The van der Waals surface area contributed by atoms with Crippen LogP contribution in [0.3, 0.4) is 0 Å². The number of aliphatic carboxylic acids is 1. The Kier molecular flexibility index (Phi) is 7.27. The van der Waals surface area contributed by atoms with E-state index in [0.29, 0.717) is 28.5 Å². The van der Waals surface area contributed by atoms with Crippen molar-refractivity contribution in [1.82, 2.24) is 25.3 Å². The van der Waals surface area contributed by atoms with E-state index in [1.807, 2.05) is 37.3 Å². The number of urea groups is 1. The number of carboxylic acids is 1. The Morgan fingerprint density at radius 2 is 1.82 bits per heavy atom. The number of fused-ring (bicyclic) bond motifs is 1. The van der Waals surface area contributed by atoms with Gasteiger partial charge in [-0.25, -0.2) is 19.7 Å². The van der Waals surface area contributed by atoms with Crippen molar-refractivity contribution >= 4 is 44.6 Å². The molecule has 2 amide bonds. The van der Waals surface area contributed by atoms with Crippen LogP contribution in [0.2, 0.25) is 0 Å². The maximum absolute atomic E-state index is 13.5. The van der Waals surface area contributed by atoms with E-state index in [4.69, 9.17) is 0 Å². The number of pyridine rings is 1. The number of carboxylic acid groups (broad SMARTS) is 1. The largest absolute Gasteiger partial charge is 0.481 e. The minimum absolute atomic E-state index is 0.138. The summed E-state index contributed by atoms with van der Waals surface area (Å²) >= 11 is 1.32. The van der Waals surface area contributed by atoms with Crippen molar-refractivity contribution in [2.45, 2.75) is 25.9 Å². The number of thiazole rings is 1. The number of carbonyl (C=O) groups is 2. The van der Waals surface area contributed by atoms with Crippen LogP contribution >= 0.6 is 11.3 Å². The Morgan fingerprint density at radius 1 is 1.10 bits per heavy atom. The van der Waals surface area contributed by atoms with Crippen LogP contribution in [0.25, 0.3) is 32.6 Å². The van der Waals surface area contributed by atoms with Crippen LogP contribution < -0.4 is 15.5 Å². The first kappa shape index (κ1) is 27.2. The molecule has 10 nitrogen and oxygen atoms in total. The van der Waals surface area contributed by atoms with Crippen molar-refractivity contribution in [2.75, 3.05) is 29.9 Å². The number of nitrogens with zero attached hydrogens (tertiary/aromatic N) is 5. The minimum atomic E-state index is -4.84. The Hall–Kier alpha value is -4.33. The van der Waals surface area contributed by atoms with Crippen LogP contribution in [0.5, 0.6) is 0 Å². The van der Waals surface area contributed by atoms with Gasteiger partial charge in [-0.05, 0) is 49.6 Å². The van der Waals surface area contributed by atoms with Crippen LogP contribution in [0.15, 0.2) is 48.9 Å². The van der Waals surface area contributed by atoms with E-state index in [0.717, 1.165) is 15.8 Å². The van der Waals surface area contributed by atoms with E-state index in [2.05, 4.69) is 30.6 Å². The summed E-state index contributed by atoms with van der Waals surface area (Å²) in [6.07, 6.45) is -1.21. The highest BCUT2D eigenvalue weighted by Crippen LogP contribution is 2.47. The van der Waals surface area contributed by atoms with Gasteiger partial charge in [0.05, 0.1) is 15.9 Å². The van der Waals surface area contributed by atoms with Gasteiger partial charge in [-0.3, -0.25) is 15.1 Å². The predicted octanol–water partition coefficient (Wildman–Crippen LogP) is 5.19. The molecule has 4 aromatic rings. The zero-order valence-corrected chi connectivity index (χ0v) is 22.0. The number of anilines is 2. The third kappa shape index (κ3) is 5.13. The summed E-state index contributed by atoms with van der Waals surface area (Å²) in [5.41, 5.74) is 0.745. The van der Waals surface area contributed by atoms with E-state index < -0.39 is 30.4 Å². The topological polar surface area (TPSA) is 133 Å². The summed E-state index contributed by atoms with van der Waals surface area (Å²) in [5, 5.41) is 15.1. The molecule has 5 rings (SSSR count). The van der Waals surface area contributed by atoms with Crippen LogP contribution in [-0.2, 0) is 4.79 Å². The monoisotopic (exact) mass is 571 g/mol. The number of aromatic nitrogens is 4. The lowest BCUT2D eigenvalue weighted by Gasteiger charge is -2.39. The van der Waals surface area contributed by atoms with Crippen molar-refractivity contribution in [3.63, 3.8) is 0 Å². The van der Waals surface area contributed by atoms with E-state index in [1.54, 1.807) is 23.5 Å². The molecule has 0 bridgehead atoms. The van der Waals surface area contributed by atoms with Gasteiger partial charge in [0, 0.05) is 49.4 Å². The molecule has 1 saturated heterocycles. The zero-order valence-electron chi connectivity index (χ0n) is 21.2. The molecule has 0 aliphatic carbocycles. The Bertz CT molecular complexity index is 1540. The number of carbonyl (C=O) groups excluding carboxylic acids is 1. The molecule has 0 atom stereocenters. The lowest BCUT2D eigenvalue weighted by Crippen LogP contribution is -2.53. The first-order valence-electron chi connectivity index (χ1n) is 12.4. The molecule has 1 fully saturated rings. The number of rotatable bonds is 6. The molecule has 3 N–H and O–H groups in total. The summed E-state index contributed by atoms with van der Waals surface area (Å²) < 4.78 is 41.4. The molecule has 1 aromatic carbocycles. The molecule has 14 heteroatoms. The first-order valence-corrected chi connectivity index (χ1v) is 13.2. The van der Waals surface area contributed by atoms with Gasteiger partial charge in [0.15, 0.2) is 10.5 Å². The van der Waals surface area contributed by atoms with Gasteiger partial charge >= 0.3 is 18.2 Å². The molecule has 208 valence electrons. The normalized spacial score (nSPS) is 15.2. The number of nitrogens with one attached hydrogen (secondary N) is 2. The number of benzene rings is 1. The molecule has 4 heterocycles. The fourth-order valence-corrected chi connectivity index (χ4v) is 5.57. The molecule has 0 spiro atoms. The SMILES string of the molecule is CCNC(=O)Nc1nc2cc(-c3cnc(N4CCC(C(=O)O)(C(F)(F)F)CC4)nc3)cc(-c3ccccn3)c2s1. The van der Waals surface area contributed by atoms with Crippen LogP contribution in [-0.4, -0.2) is 62.9 Å². The maximum Gasteiger partial charge on any atom is 0.405 e. The second-order valence-electron chi connectivity index (χ2n) is 9.23. The van der Waals surface area contributed by atoms with Crippen molar-refractivity contribution in [2.24, 2.45) is 5.41 Å². The van der Waals surface area contributed by atoms with Gasteiger partial charge in [0.2, 0.25) is 5.95 Å². The van der Waals surface area contributed by atoms with E-state index in [9.17, 15) is 27.9 Å². The predicted molar refractivity (Wildman–Crippen MR) is 144 cm³/mol. The fraction of sp³-hybridized carbons (Fsp3) is 0.308. The smallest absolute Gasteiger partial charge is 0.405 e. The third-order valence-corrected chi connectivity index (χ3v) is 7.83. The summed E-state index contributed by atoms with van der Waals surface area (Å²) in [7, 11) is 0. The number of halogens is 3. The molecule has 40 heavy (non-hydrogen) atoms. The summed E-state index contributed by atoms with van der Waals surface area (Å²) in [6.45, 7) is 2.01. The van der Waals surface area contributed by atoms with Crippen molar-refractivity contribution in [3.05, 3.63) is 48.9 Å². The third-order valence-electron chi connectivity index (χ3n) is 6.81. The Morgan fingerprint density at radius 3 is 2.42 bits per heavy atom. The highest BCUT2D eigenvalue weighted by Gasteiger charge is 2.61. The lowest BCUT2D eigenvalue weighted by atomic mass is 9.77. The molecule has 0 radical (unpaired) electrons. The van der Waals surface area contributed by atoms with Gasteiger partial charge in [-0.1, -0.05) is 17.4 Å². The molecule has 0 saturated carbocycles. The molecule has 1 aliphatic rings. The molecular formula is C26H24F3N7O3S. The fourth-order valence-electron chi connectivity index (χ4n) is 4.61. The standard InChI is InChI=1S/C26H24F3N7O3S/c1-2-30-23(39)35-24-34-19-12-15(11-17(20(19)40-24)18-5-3-4-8-31-18)16-13-32-22(33-14-16)36-9-6-25(7-10-36,21(37)38)26(27,28)29/h3-5,8,11-14H,2,6-7,9-10H2,1H3,(H,37,38)(H2,30,34,35,39). The van der Waals surface area contributed by atoms with Gasteiger partial charge in [0.1, 0.15) is 0 Å². The molecule has 0 unspecified atom stereocenters. The Labute approximate surface area is 230 Å². The first-order chi connectivity index (χ1) is 19.1. The van der Waals surface area contributed by atoms with E-state index in [1.165, 1.54) is 11.3 Å². The van der Waals surface area contributed by atoms with Gasteiger partial charge in [-0.2, -0.15) is 13.2 Å². The molecule has 1 aliphatic heterocycles. The summed E-state index contributed by atoms with van der Waals surface area (Å²) in [5.74, 6) is -1.64. The van der Waals surface area contributed by atoms with Crippen LogP contribution in [0.1, 0.15) is 19.8 Å². The van der Waals surface area contributed by atoms with Crippen molar-refractivity contribution in [3.8, 4) is 22.4 Å². The van der Waals surface area contributed by atoms with Crippen molar-refractivity contribution in [1.29, 1.82) is 0 Å². The average molecular weight is 572 g/mol. The molecular weight excluding hydrogens is 547 g/mol. The van der Waals surface area contributed by atoms with Gasteiger partial charge in [-0.15, -0.1) is 0 Å². The van der Waals surface area contributed by atoms with Crippen LogP contribution in [0.4, 0.5) is 29.0 Å². The maximum atomic E-state index is 13.5. The summed E-state index contributed by atoms with van der Waals surface area (Å²) in [4.78, 5) is 42.8. The quantitative estimate of drug-likeness (QED) is 0.288. The second kappa shape index (κ2) is 10.7. The second-order valence-corrected chi connectivity index (χ2v) is 10.2. The number of hydrogen-bond donors (Lipinski definition) is 3. The van der Waals surface area contributed by atoms with Crippen LogP contribution in [0, 0.1) is 5.41 Å². The number of hydrogen-bond acceptors (Lipinski definition) is 8. The Balaban J connectivity index is 1.44. The number of amides is 2. The van der Waals surface area contributed by atoms with E-state index >= 15 is 0 Å². The average Bonchev–Trinajstić information content (AvgIpc) is 3.34. The van der Waals surface area contributed by atoms with Crippen molar-refractivity contribution < 1.29 is 27.9 Å². The summed E-state index contributed by atoms with van der Waals surface area (Å²) in [6, 6.07) is 8.93. The highest BCUT2D eigenvalue weighted by atomic mass is 32.1. The number of alkyl halides is 3. The van der Waals surface area contributed by atoms with Gasteiger partial charge < -0.3 is 15.3 Å². The minimum Gasteiger partial charge on any atom is -0.481 e. The molecule has 3 aromatic heterocycles. The highest BCUT2D eigenvalue weighted by molar-refractivity contribution is 7.22.